The zero-order valence-electron chi connectivity index (χ0n) is 11.3. The van der Waals surface area contributed by atoms with Gasteiger partial charge in [-0.25, -0.2) is 4.98 Å². The van der Waals surface area contributed by atoms with E-state index >= 15 is 0 Å². The summed E-state index contributed by atoms with van der Waals surface area (Å²) in [6.45, 7) is 3.38. The molecule has 4 rings (SSSR count). The zero-order chi connectivity index (χ0) is 13.5. The first-order valence-corrected chi connectivity index (χ1v) is 7.24. The molecule has 0 saturated carbocycles. The first-order chi connectivity index (χ1) is 9.78. The van der Waals surface area contributed by atoms with Gasteiger partial charge in [0, 0.05) is 30.8 Å². The molecule has 0 spiro atoms. The first kappa shape index (κ1) is 11.9. The lowest BCUT2D eigenvalue weighted by atomic mass is 9.97. The summed E-state index contributed by atoms with van der Waals surface area (Å²) in [6.07, 6.45) is 6.00. The molecule has 1 unspecified atom stereocenters. The van der Waals surface area contributed by atoms with Gasteiger partial charge in [0.15, 0.2) is 0 Å². The van der Waals surface area contributed by atoms with Gasteiger partial charge in [-0.2, -0.15) is 0 Å². The Balaban J connectivity index is 1.49. The number of carbonyl (C=O) groups excluding carboxylic acids is 1. The average Bonchev–Trinajstić information content (AvgIpc) is 3.04. The monoisotopic (exact) mass is 270 g/mol. The Bertz CT molecular complexity index is 638. The predicted molar refractivity (Wildman–Crippen MR) is 75.6 cm³/mol. The Kier molecular flexibility index (Phi) is 2.73. The summed E-state index contributed by atoms with van der Waals surface area (Å²) < 4.78 is 1.91. The van der Waals surface area contributed by atoms with Crippen LogP contribution in [0.4, 0.5) is 0 Å². The number of nitrogens with zero attached hydrogens (tertiary/aromatic N) is 3. The molecule has 20 heavy (non-hydrogen) atoms. The van der Waals surface area contributed by atoms with Crippen molar-refractivity contribution in [1.82, 2.24) is 19.6 Å². The molecule has 4 heterocycles. The normalized spacial score (nSPS) is 28.7. The Morgan fingerprint density at radius 1 is 1.40 bits per heavy atom. The number of amides is 1. The van der Waals surface area contributed by atoms with Gasteiger partial charge in [0.1, 0.15) is 5.69 Å². The van der Waals surface area contributed by atoms with E-state index in [1.807, 2.05) is 28.8 Å². The highest BCUT2D eigenvalue weighted by atomic mass is 16.1. The lowest BCUT2D eigenvalue weighted by molar-refractivity contribution is 0.0904. The van der Waals surface area contributed by atoms with Gasteiger partial charge < -0.3 is 14.6 Å². The average molecular weight is 270 g/mol. The van der Waals surface area contributed by atoms with E-state index in [0.29, 0.717) is 5.69 Å². The smallest absolute Gasteiger partial charge is 0.270 e. The molecule has 0 aromatic carbocycles. The van der Waals surface area contributed by atoms with Crippen LogP contribution in [0.25, 0.3) is 5.52 Å². The van der Waals surface area contributed by atoms with Crippen molar-refractivity contribution in [3.63, 3.8) is 0 Å². The molecule has 5 heteroatoms. The molecule has 104 valence electrons. The Hall–Kier alpha value is -1.88. The molecule has 0 aliphatic carbocycles. The molecule has 2 bridgehead atoms. The topological polar surface area (TPSA) is 49.6 Å². The van der Waals surface area contributed by atoms with Gasteiger partial charge in [-0.15, -0.1) is 0 Å². The van der Waals surface area contributed by atoms with Crippen LogP contribution in [0, 0.1) is 5.92 Å². The fraction of sp³-hybridized carbons (Fsp3) is 0.467. The van der Waals surface area contributed by atoms with Crippen LogP contribution < -0.4 is 5.32 Å². The van der Waals surface area contributed by atoms with Crippen molar-refractivity contribution in [3.8, 4) is 0 Å². The van der Waals surface area contributed by atoms with Crippen LogP contribution >= 0.6 is 0 Å². The van der Waals surface area contributed by atoms with Crippen LogP contribution in [0.2, 0.25) is 0 Å². The van der Waals surface area contributed by atoms with Gasteiger partial charge in [0.25, 0.3) is 5.91 Å². The molecule has 5 nitrogen and oxygen atoms in total. The molecular weight excluding hydrogens is 252 g/mol. The second-order valence-corrected chi connectivity index (χ2v) is 5.93. The standard InChI is InChI=1S/C15H18N4O/c20-15(14-7-13-2-1-4-19(13)10-16-14)17-12-6-11-3-5-18(8-11)9-12/h1-2,4,7,10-12H,3,5-6,8-9H2,(H,17,20)/t11-,12+/m0/s1. The largest absolute Gasteiger partial charge is 0.347 e. The first-order valence-electron chi connectivity index (χ1n) is 7.24. The van der Waals surface area contributed by atoms with Crippen molar-refractivity contribution >= 4 is 11.4 Å². The maximum Gasteiger partial charge on any atom is 0.270 e. The zero-order valence-corrected chi connectivity index (χ0v) is 11.3. The van der Waals surface area contributed by atoms with Crippen LogP contribution in [0.3, 0.4) is 0 Å². The number of hydrogen-bond acceptors (Lipinski definition) is 3. The van der Waals surface area contributed by atoms with Gasteiger partial charge in [-0.1, -0.05) is 0 Å². The van der Waals surface area contributed by atoms with E-state index in [2.05, 4.69) is 15.2 Å². The van der Waals surface area contributed by atoms with Crippen molar-refractivity contribution in [2.45, 2.75) is 18.9 Å². The van der Waals surface area contributed by atoms with Crippen molar-refractivity contribution in [3.05, 3.63) is 36.4 Å². The number of aromatic nitrogens is 2. The van der Waals surface area contributed by atoms with E-state index in [0.717, 1.165) is 24.4 Å². The van der Waals surface area contributed by atoms with E-state index in [1.54, 1.807) is 6.33 Å². The van der Waals surface area contributed by atoms with Gasteiger partial charge in [-0.05, 0) is 43.5 Å². The third-order valence-corrected chi connectivity index (χ3v) is 4.45. The van der Waals surface area contributed by atoms with E-state index < -0.39 is 0 Å². The van der Waals surface area contributed by atoms with Crippen LogP contribution in [0.1, 0.15) is 23.3 Å². The third-order valence-electron chi connectivity index (χ3n) is 4.45. The highest BCUT2D eigenvalue weighted by Crippen LogP contribution is 2.26. The quantitative estimate of drug-likeness (QED) is 0.891. The van der Waals surface area contributed by atoms with Crippen molar-refractivity contribution in [1.29, 1.82) is 0 Å². The fourth-order valence-electron chi connectivity index (χ4n) is 3.48. The molecule has 1 amide bonds. The highest BCUT2D eigenvalue weighted by Gasteiger charge is 2.33. The number of carbonyl (C=O) groups is 1. The van der Waals surface area contributed by atoms with Crippen LogP contribution in [-0.4, -0.2) is 45.9 Å². The van der Waals surface area contributed by atoms with Crippen LogP contribution in [-0.2, 0) is 0 Å². The van der Waals surface area contributed by atoms with Crippen LogP contribution in [0.15, 0.2) is 30.7 Å². The molecule has 2 aliphatic heterocycles. The Morgan fingerprint density at radius 2 is 2.35 bits per heavy atom. The van der Waals surface area contributed by atoms with Gasteiger partial charge >= 0.3 is 0 Å². The highest BCUT2D eigenvalue weighted by molar-refractivity contribution is 5.93. The SMILES string of the molecule is O=C(N[C@@H]1C[C@@H]2CCN(C2)C1)c1cc2cccn2cn1. The van der Waals surface area contributed by atoms with E-state index in [-0.39, 0.29) is 11.9 Å². The molecule has 2 aromatic heterocycles. The Labute approximate surface area is 117 Å². The minimum Gasteiger partial charge on any atom is -0.347 e. The molecule has 1 N–H and O–H groups in total. The van der Waals surface area contributed by atoms with E-state index in [4.69, 9.17) is 0 Å². The van der Waals surface area contributed by atoms with Gasteiger partial charge in [0.05, 0.1) is 6.33 Å². The lowest BCUT2D eigenvalue weighted by Crippen LogP contribution is -2.47. The van der Waals surface area contributed by atoms with Crippen LogP contribution in [0.5, 0.6) is 0 Å². The van der Waals surface area contributed by atoms with E-state index in [9.17, 15) is 4.79 Å². The maximum atomic E-state index is 12.3. The summed E-state index contributed by atoms with van der Waals surface area (Å²) >= 11 is 0. The number of fused-ring (bicyclic) bond motifs is 3. The molecule has 3 atom stereocenters. The predicted octanol–water partition coefficient (Wildman–Crippen LogP) is 1.16. The fourth-order valence-corrected chi connectivity index (χ4v) is 3.48. The second-order valence-electron chi connectivity index (χ2n) is 5.93. The third kappa shape index (κ3) is 2.08. The van der Waals surface area contributed by atoms with Crippen molar-refractivity contribution in [2.75, 3.05) is 19.6 Å². The molecule has 2 aromatic rings. The summed E-state index contributed by atoms with van der Waals surface area (Å²) in [4.78, 5) is 19.0. The second kappa shape index (κ2) is 4.59. The molecule has 2 fully saturated rings. The number of rotatable bonds is 2. The van der Waals surface area contributed by atoms with Crippen molar-refractivity contribution < 1.29 is 4.79 Å². The van der Waals surface area contributed by atoms with Gasteiger partial charge in [-0.3, -0.25) is 4.79 Å². The number of nitrogens with one attached hydrogen (secondary N) is 1. The summed E-state index contributed by atoms with van der Waals surface area (Å²) in [6, 6.07) is 6.04. The molecule has 2 saturated heterocycles. The van der Waals surface area contributed by atoms with Crippen molar-refractivity contribution in [2.24, 2.45) is 5.92 Å². The summed E-state index contributed by atoms with van der Waals surface area (Å²) in [7, 11) is 0. The molecule has 0 radical (unpaired) electrons. The summed E-state index contributed by atoms with van der Waals surface area (Å²) in [5.41, 5.74) is 1.50. The van der Waals surface area contributed by atoms with Gasteiger partial charge in [0.2, 0.25) is 0 Å². The Morgan fingerprint density at radius 3 is 3.25 bits per heavy atom. The molecule has 2 aliphatic rings. The molecular formula is C15H18N4O. The maximum absolute atomic E-state index is 12.3. The van der Waals surface area contributed by atoms with E-state index in [1.165, 1.54) is 19.5 Å². The minimum atomic E-state index is -0.0544. The lowest BCUT2D eigenvalue weighted by Gasteiger charge is -2.30. The number of piperidine rings is 1. The summed E-state index contributed by atoms with van der Waals surface area (Å²) in [5, 5.41) is 3.14. The summed E-state index contributed by atoms with van der Waals surface area (Å²) in [5.74, 6) is 0.705. The number of hydrogen-bond donors (Lipinski definition) is 1. The minimum absolute atomic E-state index is 0.0544.